The molecule has 0 spiro atoms. The molecular weight excluding hydrogens is 222 g/mol. The Morgan fingerprint density at radius 2 is 2.25 bits per heavy atom. The van der Waals surface area contributed by atoms with Crippen LogP contribution in [0.3, 0.4) is 0 Å². The molecule has 2 rings (SSSR count). The van der Waals surface area contributed by atoms with Gasteiger partial charge in [-0.3, -0.25) is 4.90 Å². The van der Waals surface area contributed by atoms with Crippen LogP contribution >= 0.6 is 11.6 Å². The van der Waals surface area contributed by atoms with Crippen molar-refractivity contribution in [2.24, 2.45) is 11.7 Å². The Balaban J connectivity index is 2.21. The zero-order valence-electron chi connectivity index (χ0n) is 9.49. The second kappa shape index (κ2) is 4.62. The van der Waals surface area contributed by atoms with E-state index in [9.17, 15) is 0 Å². The van der Waals surface area contributed by atoms with Gasteiger partial charge in [-0.1, -0.05) is 17.7 Å². The lowest BCUT2D eigenvalue weighted by molar-refractivity contribution is 0.314. The van der Waals surface area contributed by atoms with E-state index in [-0.39, 0.29) is 0 Å². The van der Waals surface area contributed by atoms with Gasteiger partial charge in [0.25, 0.3) is 0 Å². The fourth-order valence-corrected chi connectivity index (χ4v) is 2.55. The average Bonchev–Trinajstić information content (AvgIpc) is 2.64. The van der Waals surface area contributed by atoms with Crippen LogP contribution in [0.1, 0.15) is 18.0 Å². The van der Waals surface area contributed by atoms with Crippen molar-refractivity contribution in [3.05, 3.63) is 28.8 Å². The van der Waals surface area contributed by atoms with E-state index in [0.717, 1.165) is 19.5 Å². The Labute approximate surface area is 101 Å². The molecule has 2 atom stereocenters. The zero-order valence-corrected chi connectivity index (χ0v) is 10.2. The lowest BCUT2D eigenvalue weighted by Crippen LogP contribution is -2.20. The molecule has 1 aliphatic heterocycles. The van der Waals surface area contributed by atoms with Crippen LogP contribution in [0, 0.1) is 5.92 Å². The molecule has 4 N–H and O–H groups in total. The molecule has 1 aromatic carbocycles. The van der Waals surface area contributed by atoms with Gasteiger partial charge in [0.15, 0.2) is 0 Å². The third kappa shape index (κ3) is 2.17. The second-order valence-electron chi connectivity index (χ2n) is 4.57. The van der Waals surface area contributed by atoms with Gasteiger partial charge >= 0.3 is 0 Å². The number of halogens is 1. The van der Waals surface area contributed by atoms with Crippen molar-refractivity contribution in [1.29, 1.82) is 0 Å². The van der Waals surface area contributed by atoms with Gasteiger partial charge in [-0.2, -0.15) is 0 Å². The lowest BCUT2D eigenvalue weighted by atomic mass is 9.99. The Morgan fingerprint density at radius 3 is 2.81 bits per heavy atom. The minimum Gasteiger partial charge on any atom is -0.398 e. The van der Waals surface area contributed by atoms with Crippen molar-refractivity contribution in [2.45, 2.75) is 12.5 Å². The molecule has 3 nitrogen and oxygen atoms in total. The van der Waals surface area contributed by atoms with Gasteiger partial charge in [-0.05, 0) is 43.6 Å². The zero-order chi connectivity index (χ0) is 11.7. The highest BCUT2D eigenvalue weighted by atomic mass is 35.5. The minimum absolute atomic E-state index is 0.424. The first kappa shape index (κ1) is 11.7. The molecule has 0 amide bonds. The molecule has 2 unspecified atom stereocenters. The van der Waals surface area contributed by atoms with Crippen molar-refractivity contribution < 1.29 is 0 Å². The molecule has 0 aliphatic carbocycles. The number of benzene rings is 1. The number of hydrogen-bond acceptors (Lipinski definition) is 3. The van der Waals surface area contributed by atoms with Crippen molar-refractivity contribution >= 4 is 17.3 Å². The van der Waals surface area contributed by atoms with Gasteiger partial charge < -0.3 is 11.5 Å². The average molecular weight is 240 g/mol. The third-order valence-corrected chi connectivity index (χ3v) is 3.72. The van der Waals surface area contributed by atoms with E-state index < -0.39 is 0 Å². The number of likely N-dealkylation sites (tertiary alicyclic amines) is 1. The van der Waals surface area contributed by atoms with E-state index in [0.29, 0.717) is 22.7 Å². The van der Waals surface area contributed by atoms with Gasteiger partial charge in [0, 0.05) is 12.6 Å². The molecule has 0 bridgehead atoms. The molecule has 1 saturated heterocycles. The summed E-state index contributed by atoms with van der Waals surface area (Å²) in [6.07, 6.45) is 1.11. The maximum atomic E-state index is 5.92. The summed E-state index contributed by atoms with van der Waals surface area (Å²) >= 11 is 5.92. The number of rotatable bonds is 2. The standard InChI is InChI=1S/C12H18ClN3/c1-16-7-8(6-14)4-12(16)9-2-3-10(13)11(15)5-9/h2-3,5,8,12H,4,6-7,14-15H2,1H3. The highest BCUT2D eigenvalue weighted by Gasteiger charge is 2.29. The van der Waals surface area contributed by atoms with Crippen LogP contribution < -0.4 is 11.5 Å². The summed E-state index contributed by atoms with van der Waals surface area (Å²) in [4.78, 5) is 2.33. The number of hydrogen-bond donors (Lipinski definition) is 2. The summed E-state index contributed by atoms with van der Waals surface area (Å²) in [5, 5.41) is 0.625. The SMILES string of the molecule is CN1CC(CN)CC1c1ccc(Cl)c(N)c1. The lowest BCUT2D eigenvalue weighted by Gasteiger charge is -2.20. The smallest absolute Gasteiger partial charge is 0.0635 e. The number of nitrogens with two attached hydrogens (primary N) is 2. The Kier molecular flexibility index (Phi) is 3.38. The van der Waals surface area contributed by atoms with Gasteiger partial charge in [-0.15, -0.1) is 0 Å². The molecular formula is C12H18ClN3. The normalized spacial score (nSPS) is 26.2. The summed E-state index contributed by atoms with van der Waals surface area (Å²) in [6, 6.07) is 6.32. The minimum atomic E-state index is 0.424. The molecule has 1 aromatic rings. The Morgan fingerprint density at radius 1 is 1.50 bits per heavy atom. The summed E-state index contributed by atoms with van der Waals surface area (Å²) in [5.41, 5.74) is 13.4. The van der Waals surface area contributed by atoms with Crippen LogP contribution in [0.5, 0.6) is 0 Å². The van der Waals surface area contributed by atoms with Crippen molar-refractivity contribution in [3.63, 3.8) is 0 Å². The van der Waals surface area contributed by atoms with Gasteiger partial charge in [0.1, 0.15) is 0 Å². The molecule has 4 heteroatoms. The van der Waals surface area contributed by atoms with Crippen LogP contribution in [0.4, 0.5) is 5.69 Å². The Bertz CT molecular complexity index is 381. The highest BCUT2D eigenvalue weighted by molar-refractivity contribution is 6.33. The predicted molar refractivity (Wildman–Crippen MR) is 68.4 cm³/mol. The summed E-state index contributed by atoms with van der Waals surface area (Å²) in [7, 11) is 2.13. The molecule has 1 aliphatic rings. The van der Waals surface area contributed by atoms with Crippen LogP contribution in [-0.2, 0) is 0 Å². The van der Waals surface area contributed by atoms with Gasteiger partial charge in [-0.25, -0.2) is 0 Å². The van der Waals surface area contributed by atoms with E-state index in [1.54, 1.807) is 0 Å². The fourth-order valence-electron chi connectivity index (χ4n) is 2.44. The molecule has 16 heavy (non-hydrogen) atoms. The van der Waals surface area contributed by atoms with Crippen LogP contribution in [0.25, 0.3) is 0 Å². The van der Waals surface area contributed by atoms with E-state index >= 15 is 0 Å². The van der Waals surface area contributed by atoms with E-state index in [4.69, 9.17) is 23.1 Å². The maximum absolute atomic E-state index is 5.92. The van der Waals surface area contributed by atoms with Crippen molar-refractivity contribution in [2.75, 3.05) is 25.9 Å². The first-order valence-corrected chi connectivity index (χ1v) is 5.95. The highest BCUT2D eigenvalue weighted by Crippen LogP contribution is 2.35. The van der Waals surface area contributed by atoms with Crippen molar-refractivity contribution in [3.8, 4) is 0 Å². The summed E-state index contributed by atoms with van der Waals surface area (Å²) in [5.74, 6) is 0.590. The molecule has 0 radical (unpaired) electrons. The number of nitrogen functional groups attached to an aromatic ring is 1. The second-order valence-corrected chi connectivity index (χ2v) is 4.98. The number of anilines is 1. The van der Waals surface area contributed by atoms with Gasteiger partial charge in [0.2, 0.25) is 0 Å². The fraction of sp³-hybridized carbons (Fsp3) is 0.500. The molecule has 1 heterocycles. The molecule has 0 saturated carbocycles. The Hall–Kier alpha value is -0.770. The molecule has 0 aromatic heterocycles. The monoisotopic (exact) mass is 239 g/mol. The first-order chi connectivity index (χ1) is 7.61. The van der Waals surface area contributed by atoms with E-state index in [1.165, 1.54) is 5.56 Å². The predicted octanol–water partition coefficient (Wildman–Crippen LogP) is 1.87. The maximum Gasteiger partial charge on any atom is 0.0635 e. The van der Waals surface area contributed by atoms with E-state index in [1.807, 2.05) is 12.1 Å². The molecule has 1 fully saturated rings. The largest absolute Gasteiger partial charge is 0.398 e. The van der Waals surface area contributed by atoms with Crippen LogP contribution in [0.15, 0.2) is 18.2 Å². The quantitative estimate of drug-likeness (QED) is 0.775. The molecule has 88 valence electrons. The van der Waals surface area contributed by atoms with Gasteiger partial charge in [0.05, 0.1) is 10.7 Å². The third-order valence-electron chi connectivity index (χ3n) is 3.37. The summed E-state index contributed by atoms with van der Waals surface area (Å²) in [6.45, 7) is 1.81. The summed E-state index contributed by atoms with van der Waals surface area (Å²) < 4.78 is 0. The topological polar surface area (TPSA) is 55.3 Å². The first-order valence-electron chi connectivity index (χ1n) is 5.57. The van der Waals surface area contributed by atoms with Crippen LogP contribution in [0.2, 0.25) is 5.02 Å². The van der Waals surface area contributed by atoms with Crippen LogP contribution in [-0.4, -0.2) is 25.0 Å². The van der Waals surface area contributed by atoms with Crippen molar-refractivity contribution in [1.82, 2.24) is 4.90 Å². The number of nitrogens with zero attached hydrogens (tertiary/aromatic N) is 1. The van der Waals surface area contributed by atoms with E-state index in [2.05, 4.69) is 18.0 Å².